The van der Waals surface area contributed by atoms with Crippen molar-refractivity contribution >= 4 is 29.3 Å². The quantitative estimate of drug-likeness (QED) is 0.417. The van der Waals surface area contributed by atoms with Crippen molar-refractivity contribution in [1.29, 1.82) is 0 Å². The summed E-state index contributed by atoms with van der Waals surface area (Å²) in [6.07, 6.45) is 0.507. The van der Waals surface area contributed by atoms with Gasteiger partial charge in [-0.3, -0.25) is 19.7 Å². The fourth-order valence-corrected chi connectivity index (χ4v) is 4.08. The van der Waals surface area contributed by atoms with Gasteiger partial charge in [-0.15, -0.1) is 11.8 Å². The third-order valence-corrected chi connectivity index (χ3v) is 5.71. The molecule has 0 aliphatic carbocycles. The molecule has 1 N–H and O–H groups in total. The Morgan fingerprint density at radius 2 is 1.69 bits per heavy atom. The molecule has 0 fully saturated rings. The maximum atomic E-state index is 13.2. The van der Waals surface area contributed by atoms with Crippen LogP contribution in [0.2, 0.25) is 0 Å². The predicted molar refractivity (Wildman–Crippen MR) is 128 cm³/mol. The zero-order chi connectivity index (χ0) is 23.7. The molecule has 0 unspecified atom stereocenters. The molecule has 2 amide bonds. The van der Waals surface area contributed by atoms with Gasteiger partial charge >= 0.3 is 0 Å². The number of nitro benzene ring substituents is 1. The maximum Gasteiger partial charge on any atom is 0.269 e. The van der Waals surface area contributed by atoms with Gasteiger partial charge in [-0.25, -0.2) is 0 Å². The highest BCUT2D eigenvalue weighted by molar-refractivity contribution is 7.99. The van der Waals surface area contributed by atoms with Crippen molar-refractivity contribution in [1.82, 2.24) is 10.2 Å². The van der Waals surface area contributed by atoms with Crippen LogP contribution in [0.1, 0.15) is 45.2 Å². The highest BCUT2D eigenvalue weighted by atomic mass is 32.2. The smallest absolute Gasteiger partial charge is 0.269 e. The number of nitrogens with zero attached hydrogens (tertiary/aromatic N) is 2. The van der Waals surface area contributed by atoms with Gasteiger partial charge in [0.2, 0.25) is 11.8 Å². The fourth-order valence-electron chi connectivity index (χ4n) is 3.21. The molecule has 8 heteroatoms. The predicted octanol–water partition coefficient (Wildman–Crippen LogP) is 4.55. The first-order chi connectivity index (χ1) is 15.1. The SMILES string of the molecule is CC[C@@H](C(=O)NC(C)(C)C)N(Cc1ccccc1)C(=O)CSCc1ccc([N+](=O)[O-])cc1. The van der Waals surface area contributed by atoms with Gasteiger partial charge in [-0.2, -0.15) is 0 Å². The van der Waals surface area contributed by atoms with Gasteiger partial charge in [0.25, 0.3) is 5.69 Å². The normalized spacial score (nSPS) is 12.1. The summed E-state index contributed by atoms with van der Waals surface area (Å²) in [5, 5.41) is 13.8. The van der Waals surface area contributed by atoms with E-state index in [9.17, 15) is 19.7 Å². The number of hydrogen-bond donors (Lipinski definition) is 1. The zero-order valence-electron chi connectivity index (χ0n) is 19.0. The third kappa shape index (κ3) is 8.00. The second-order valence-electron chi connectivity index (χ2n) is 8.59. The molecule has 0 aromatic heterocycles. The van der Waals surface area contributed by atoms with Gasteiger partial charge in [-0.1, -0.05) is 49.4 Å². The molecule has 0 aliphatic rings. The lowest BCUT2D eigenvalue weighted by Crippen LogP contribution is -2.53. The van der Waals surface area contributed by atoms with Crippen LogP contribution >= 0.6 is 11.8 Å². The van der Waals surface area contributed by atoms with Crippen LogP contribution in [0.5, 0.6) is 0 Å². The van der Waals surface area contributed by atoms with E-state index in [0.29, 0.717) is 18.7 Å². The van der Waals surface area contributed by atoms with E-state index in [-0.39, 0.29) is 23.3 Å². The summed E-state index contributed by atoms with van der Waals surface area (Å²) in [5.74, 6) is 0.484. The highest BCUT2D eigenvalue weighted by Crippen LogP contribution is 2.19. The standard InChI is InChI=1S/C24H31N3O4S/c1-5-21(23(29)25-24(2,3)4)26(15-18-9-7-6-8-10-18)22(28)17-32-16-19-11-13-20(14-12-19)27(30)31/h6-14,21H,5,15-17H2,1-4H3,(H,25,29)/t21-/m0/s1. The lowest BCUT2D eigenvalue weighted by molar-refractivity contribution is -0.384. The minimum absolute atomic E-state index is 0.0412. The summed E-state index contributed by atoms with van der Waals surface area (Å²) in [5.41, 5.74) is 1.51. The van der Waals surface area contributed by atoms with Crippen LogP contribution < -0.4 is 5.32 Å². The monoisotopic (exact) mass is 457 g/mol. The number of hydrogen-bond acceptors (Lipinski definition) is 5. The van der Waals surface area contributed by atoms with E-state index in [0.717, 1.165) is 11.1 Å². The second-order valence-corrected chi connectivity index (χ2v) is 9.57. The van der Waals surface area contributed by atoms with Crippen molar-refractivity contribution in [2.75, 3.05) is 5.75 Å². The zero-order valence-corrected chi connectivity index (χ0v) is 19.9. The van der Waals surface area contributed by atoms with Crippen molar-refractivity contribution in [3.05, 3.63) is 75.8 Å². The fraction of sp³-hybridized carbons (Fsp3) is 0.417. The van der Waals surface area contributed by atoms with Crippen LogP contribution in [0.4, 0.5) is 5.69 Å². The number of non-ortho nitro benzene ring substituents is 1. The maximum absolute atomic E-state index is 13.2. The van der Waals surface area contributed by atoms with Crippen molar-refractivity contribution in [3.63, 3.8) is 0 Å². The molecule has 7 nitrogen and oxygen atoms in total. The van der Waals surface area contributed by atoms with E-state index in [2.05, 4.69) is 5.32 Å². The molecule has 2 rings (SSSR count). The molecule has 172 valence electrons. The van der Waals surface area contributed by atoms with E-state index in [1.165, 1.54) is 23.9 Å². The number of thioether (sulfide) groups is 1. The average molecular weight is 458 g/mol. The number of rotatable bonds is 10. The Hall–Kier alpha value is -2.87. The van der Waals surface area contributed by atoms with Crippen LogP contribution in [0.25, 0.3) is 0 Å². The Kier molecular flexibility index (Phi) is 9.26. The molecule has 0 saturated heterocycles. The van der Waals surface area contributed by atoms with Crippen LogP contribution in [-0.4, -0.2) is 39.0 Å². The summed E-state index contributed by atoms with van der Waals surface area (Å²) in [7, 11) is 0. The summed E-state index contributed by atoms with van der Waals surface area (Å²) in [6, 6.07) is 15.4. The van der Waals surface area contributed by atoms with Crippen LogP contribution in [0, 0.1) is 10.1 Å². The largest absolute Gasteiger partial charge is 0.350 e. The molecule has 0 saturated carbocycles. The number of amides is 2. The Bertz CT molecular complexity index is 911. The highest BCUT2D eigenvalue weighted by Gasteiger charge is 2.30. The molecule has 0 aliphatic heterocycles. The number of carbonyl (C=O) groups is 2. The Morgan fingerprint density at radius 1 is 1.06 bits per heavy atom. The molecule has 2 aromatic rings. The molecule has 2 aromatic carbocycles. The summed E-state index contributed by atoms with van der Waals surface area (Å²) >= 11 is 1.43. The van der Waals surface area contributed by atoms with Gasteiger partial charge in [0, 0.05) is 30.0 Å². The Balaban J connectivity index is 2.10. The minimum atomic E-state index is -0.568. The first-order valence-electron chi connectivity index (χ1n) is 10.6. The summed E-state index contributed by atoms with van der Waals surface area (Å²) in [4.78, 5) is 38.1. The molecular weight excluding hydrogens is 426 g/mol. The number of benzene rings is 2. The van der Waals surface area contributed by atoms with Crippen LogP contribution in [-0.2, 0) is 21.9 Å². The molecule has 0 heterocycles. The first-order valence-corrected chi connectivity index (χ1v) is 11.7. The van der Waals surface area contributed by atoms with Crippen LogP contribution in [0.3, 0.4) is 0 Å². The van der Waals surface area contributed by atoms with Gasteiger partial charge in [-0.05, 0) is 38.3 Å². The molecule has 32 heavy (non-hydrogen) atoms. The van der Waals surface area contributed by atoms with E-state index in [4.69, 9.17) is 0 Å². The van der Waals surface area contributed by atoms with Gasteiger partial charge in [0.1, 0.15) is 6.04 Å². The minimum Gasteiger partial charge on any atom is -0.350 e. The van der Waals surface area contributed by atoms with E-state index >= 15 is 0 Å². The number of nitrogens with one attached hydrogen (secondary N) is 1. The summed E-state index contributed by atoms with van der Waals surface area (Å²) in [6.45, 7) is 8.01. The summed E-state index contributed by atoms with van der Waals surface area (Å²) < 4.78 is 0. The van der Waals surface area contributed by atoms with Crippen molar-refractivity contribution < 1.29 is 14.5 Å². The molecule has 0 spiro atoms. The molecular formula is C24H31N3O4S. The van der Waals surface area contributed by atoms with Crippen LogP contribution in [0.15, 0.2) is 54.6 Å². The van der Waals surface area contributed by atoms with E-state index in [1.807, 2.05) is 58.0 Å². The third-order valence-electron chi connectivity index (χ3n) is 4.72. The van der Waals surface area contributed by atoms with Gasteiger partial charge < -0.3 is 10.2 Å². The van der Waals surface area contributed by atoms with Crippen molar-refractivity contribution in [2.45, 2.75) is 58.0 Å². The molecule has 0 bridgehead atoms. The van der Waals surface area contributed by atoms with Crippen molar-refractivity contribution in [3.8, 4) is 0 Å². The first kappa shape index (κ1) is 25.4. The number of carbonyl (C=O) groups excluding carboxylic acids is 2. The lowest BCUT2D eigenvalue weighted by Gasteiger charge is -2.33. The molecule has 1 atom stereocenters. The Labute approximate surface area is 193 Å². The van der Waals surface area contributed by atoms with E-state index in [1.54, 1.807) is 17.0 Å². The Morgan fingerprint density at radius 3 is 2.22 bits per heavy atom. The van der Waals surface area contributed by atoms with E-state index < -0.39 is 16.5 Å². The second kappa shape index (κ2) is 11.7. The lowest BCUT2D eigenvalue weighted by atomic mass is 10.1. The topological polar surface area (TPSA) is 92.6 Å². The van der Waals surface area contributed by atoms with Gasteiger partial charge in [0.05, 0.1) is 10.7 Å². The average Bonchev–Trinajstić information content (AvgIpc) is 2.73. The van der Waals surface area contributed by atoms with Gasteiger partial charge in [0.15, 0.2) is 0 Å². The molecule has 0 radical (unpaired) electrons. The number of nitro groups is 1. The van der Waals surface area contributed by atoms with Crippen molar-refractivity contribution in [2.24, 2.45) is 0 Å².